The summed E-state index contributed by atoms with van der Waals surface area (Å²) >= 11 is 0. The van der Waals surface area contributed by atoms with Crippen LogP contribution in [0.4, 0.5) is 4.39 Å². The lowest BCUT2D eigenvalue weighted by Gasteiger charge is -2.04. The van der Waals surface area contributed by atoms with Gasteiger partial charge in [0.1, 0.15) is 11.5 Å². The van der Waals surface area contributed by atoms with Gasteiger partial charge < -0.3 is 10.4 Å². The van der Waals surface area contributed by atoms with Crippen molar-refractivity contribution in [3.63, 3.8) is 0 Å². The second-order valence-corrected chi connectivity index (χ2v) is 4.10. The monoisotopic (exact) mass is 277 g/mol. The van der Waals surface area contributed by atoms with Crippen LogP contribution in [0, 0.1) is 5.82 Å². The van der Waals surface area contributed by atoms with Gasteiger partial charge in [0.25, 0.3) is 5.91 Å². The summed E-state index contributed by atoms with van der Waals surface area (Å²) < 4.78 is 15.0. The number of hydrogen-bond donors (Lipinski definition) is 2. The number of aromatic carboxylic acids is 1. The lowest BCUT2D eigenvalue weighted by atomic mass is 10.1. The highest BCUT2D eigenvalue weighted by Gasteiger charge is 2.11. The van der Waals surface area contributed by atoms with Gasteiger partial charge in [-0.05, 0) is 23.8 Å². The van der Waals surface area contributed by atoms with Crippen LogP contribution >= 0.6 is 0 Å². The van der Waals surface area contributed by atoms with Gasteiger partial charge in [0.05, 0.1) is 12.1 Å². The van der Waals surface area contributed by atoms with E-state index in [1.807, 2.05) is 0 Å². The average Bonchev–Trinajstić information content (AvgIpc) is 2.86. The third kappa shape index (κ3) is 2.82. The van der Waals surface area contributed by atoms with Crippen LogP contribution in [0.5, 0.6) is 0 Å². The van der Waals surface area contributed by atoms with Gasteiger partial charge in [-0.3, -0.25) is 9.48 Å². The van der Waals surface area contributed by atoms with E-state index in [1.54, 1.807) is 12.3 Å². The van der Waals surface area contributed by atoms with Gasteiger partial charge in [-0.2, -0.15) is 5.10 Å². The maximum absolute atomic E-state index is 13.5. The largest absolute Gasteiger partial charge is 0.478 e. The molecule has 2 rings (SSSR count). The summed E-state index contributed by atoms with van der Waals surface area (Å²) in [7, 11) is 1.50. The van der Waals surface area contributed by atoms with Crippen molar-refractivity contribution in [1.29, 1.82) is 0 Å². The lowest BCUT2D eigenvalue weighted by Crippen LogP contribution is -2.18. The summed E-state index contributed by atoms with van der Waals surface area (Å²) in [4.78, 5) is 22.0. The maximum Gasteiger partial charge on any atom is 0.338 e. The van der Waals surface area contributed by atoms with E-state index in [0.29, 0.717) is 5.56 Å². The summed E-state index contributed by atoms with van der Waals surface area (Å²) in [5.41, 5.74) is 0.439. The van der Waals surface area contributed by atoms with Gasteiger partial charge in [0.15, 0.2) is 0 Å². The first-order valence-electron chi connectivity index (χ1n) is 5.78. The fourth-order valence-electron chi connectivity index (χ4n) is 1.72. The van der Waals surface area contributed by atoms with E-state index in [9.17, 15) is 14.0 Å². The molecule has 0 unspecified atom stereocenters. The first kappa shape index (κ1) is 13.7. The SMILES string of the molecule is CNC(=O)c1ccn(Cc2ccc(C(=O)O)c(F)c2)n1. The van der Waals surface area contributed by atoms with Crippen molar-refractivity contribution in [2.45, 2.75) is 6.54 Å². The van der Waals surface area contributed by atoms with Crippen molar-refractivity contribution in [3.05, 3.63) is 53.1 Å². The highest BCUT2D eigenvalue weighted by Crippen LogP contribution is 2.12. The third-order valence-corrected chi connectivity index (χ3v) is 2.71. The van der Waals surface area contributed by atoms with Gasteiger partial charge in [0, 0.05) is 13.2 Å². The normalized spacial score (nSPS) is 10.3. The summed E-state index contributed by atoms with van der Waals surface area (Å²) in [5.74, 6) is -2.42. The Hall–Kier alpha value is -2.70. The van der Waals surface area contributed by atoms with Gasteiger partial charge in [-0.15, -0.1) is 0 Å². The number of carbonyl (C=O) groups excluding carboxylic acids is 1. The second kappa shape index (κ2) is 5.52. The van der Waals surface area contributed by atoms with Crippen LogP contribution in [0.3, 0.4) is 0 Å². The zero-order chi connectivity index (χ0) is 14.7. The molecule has 0 bridgehead atoms. The van der Waals surface area contributed by atoms with Crippen LogP contribution in [-0.2, 0) is 6.54 Å². The topological polar surface area (TPSA) is 84.2 Å². The number of amides is 1. The molecule has 2 aromatic rings. The number of benzene rings is 1. The number of halogens is 1. The molecule has 7 heteroatoms. The Balaban J connectivity index is 2.18. The van der Waals surface area contributed by atoms with Gasteiger partial charge in [-0.25, -0.2) is 9.18 Å². The molecule has 2 N–H and O–H groups in total. The molecule has 0 fully saturated rings. The molecule has 0 radical (unpaired) electrons. The second-order valence-electron chi connectivity index (χ2n) is 4.10. The number of carboxylic acids is 1. The number of nitrogens with one attached hydrogen (secondary N) is 1. The van der Waals surface area contributed by atoms with Gasteiger partial charge in [-0.1, -0.05) is 6.07 Å². The number of carbonyl (C=O) groups is 2. The van der Waals surface area contributed by atoms with Crippen LogP contribution in [0.25, 0.3) is 0 Å². The van der Waals surface area contributed by atoms with Crippen LogP contribution in [-0.4, -0.2) is 33.8 Å². The van der Waals surface area contributed by atoms with Gasteiger partial charge >= 0.3 is 5.97 Å². The summed E-state index contributed by atoms with van der Waals surface area (Å²) in [6.45, 7) is 0.244. The smallest absolute Gasteiger partial charge is 0.338 e. The molecule has 0 spiro atoms. The number of aromatic nitrogens is 2. The fourth-order valence-corrected chi connectivity index (χ4v) is 1.72. The lowest BCUT2D eigenvalue weighted by molar-refractivity contribution is 0.0691. The van der Waals surface area contributed by atoms with E-state index in [1.165, 1.54) is 23.9 Å². The standard InChI is InChI=1S/C13H12FN3O3/c1-15-12(18)11-4-5-17(16-11)7-8-2-3-9(13(19)20)10(14)6-8/h2-6H,7H2,1H3,(H,15,18)(H,19,20). The van der Waals surface area contributed by atoms with Crippen molar-refractivity contribution in [3.8, 4) is 0 Å². The molecule has 0 saturated carbocycles. The van der Waals surface area contributed by atoms with Crippen LogP contribution < -0.4 is 5.32 Å². The summed E-state index contributed by atoms with van der Waals surface area (Å²) in [6, 6.07) is 5.40. The molecule has 0 aliphatic carbocycles. The van der Waals surface area contributed by atoms with E-state index in [-0.39, 0.29) is 23.7 Å². The molecule has 1 amide bonds. The maximum atomic E-state index is 13.5. The Kier molecular flexibility index (Phi) is 3.79. The Morgan fingerprint density at radius 1 is 1.40 bits per heavy atom. The molecular weight excluding hydrogens is 265 g/mol. The molecule has 1 aromatic carbocycles. The predicted octanol–water partition coefficient (Wildman–Crippen LogP) is 1.13. The van der Waals surface area contributed by atoms with E-state index in [2.05, 4.69) is 10.4 Å². The Morgan fingerprint density at radius 3 is 2.75 bits per heavy atom. The first-order valence-corrected chi connectivity index (χ1v) is 5.78. The van der Waals surface area contributed by atoms with Crippen LogP contribution in [0.2, 0.25) is 0 Å². The molecule has 1 aromatic heterocycles. The van der Waals surface area contributed by atoms with Crippen molar-refractivity contribution in [1.82, 2.24) is 15.1 Å². The minimum Gasteiger partial charge on any atom is -0.478 e. The number of rotatable bonds is 4. The third-order valence-electron chi connectivity index (χ3n) is 2.71. The summed E-state index contributed by atoms with van der Waals surface area (Å²) in [5, 5.41) is 15.2. The Bertz CT molecular complexity index is 667. The Labute approximate surface area is 113 Å². The van der Waals surface area contributed by atoms with Crippen LogP contribution in [0.15, 0.2) is 30.5 Å². The Morgan fingerprint density at radius 2 is 2.15 bits per heavy atom. The van der Waals surface area contributed by atoms with Gasteiger partial charge in [0.2, 0.25) is 0 Å². The number of hydrogen-bond acceptors (Lipinski definition) is 3. The molecule has 0 aliphatic heterocycles. The van der Waals surface area contributed by atoms with E-state index in [4.69, 9.17) is 5.11 Å². The average molecular weight is 277 g/mol. The molecule has 1 heterocycles. The van der Waals surface area contributed by atoms with E-state index in [0.717, 1.165) is 6.07 Å². The molecule has 20 heavy (non-hydrogen) atoms. The minimum atomic E-state index is -1.31. The zero-order valence-corrected chi connectivity index (χ0v) is 10.6. The quantitative estimate of drug-likeness (QED) is 0.877. The molecular formula is C13H12FN3O3. The summed E-state index contributed by atoms with van der Waals surface area (Å²) in [6.07, 6.45) is 1.59. The van der Waals surface area contributed by atoms with Crippen molar-refractivity contribution >= 4 is 11.9 Å². The first-order chi connectivity index (χ1) is 9.51. The van der Waals surface area contributed by atoms with Crippen molar-refractivity contribution in [2.75, 3.05) is 7.05 Å². The van der Waals surface area contributed by atoms with Crippen molar-refractivity contribution < 1.29 is 19.1 Å². The molecule has 0 aliphatic rings. The van der Waals surface area contributed by atoms with E-state index >= 15 is 0 Å². The highest BCUT2D eigenvalue weighted by atomic mass is 19.1. The molecule has 104 valence electrons. The number of carboxylic acid groups (broad SMARTS) is 1. The molecule has 0 atom stereocenters. The van der Waals surface area contributed by atoms with Crippen LogP contribution in [0.1, 0.15) is 26.4 Å². The fraction of sp³-hybridized carbons (Fsp3) is 0.154. The van der Waals surface area contributed by atoms with Crippen molar-refractivity contribution in [2.24, 2.45) is 0 Å². The van der Waals surface area contributed by atoms with E-state index < -0.39 is 11.8 Å². The molecule has 0 saturated heterocycles. The minimum absolute atomic E-state index is 0.244. The zero-order valence-electron chi connectivity index (χ0n) is 10.6. The number of nitrogens with zero attached hydrogens (tertiary/aromatic N) is 2. The predicted molar refractivity (Wildman–Crippen MR) is 68.1 cm³/mol. The highest BCUT2D eigenvalue weighted by molar-refractivity contribution is 5.91. The molecule has 6 nitrogen and oxygen atoms in total.